The third kappa shape index (κ3) is 8.33. The van der Waals surface area contributed by atoms with Gasteiger partial charge in [0.15, 0.2) is 0 Å². The lowest BCUT2D eigenvalue weighted by Crippen LogP contribution is -2.41. The summed E-state index contributed by atoms with van der Waals surface area (Å²) < 4.78 is 27.4. The number of anilines is 2. The minimum Gasteiger partial charge on any atom is -0.497 e. The highest BCUT2D eigenvalue weighted by Crippen LogP contribution is 2.45. The molecule has 9 nitrogen and oxygen atoms in total. The predicted octanol–water partition coefficient (Wildman–Crippen LogP) is 6.89. The Bertz CT molecular complexity index is 1550. The van der Waals surface area contributed by atoms with Crippen LogP contribution in [-0.2, 0) is 4.79 Å². The van der Waals surface area contributed by atoms with Gasteiger partial charge < -0.3 is 19.5 Å². The number of nitrogens with zero attached hydrogens (tertiary/aromatic N) is 4. The summed E-state index contributed by atoms with van der Waals surface area (Å²) in [5.41, 5.74) is 1.99. The molecule has 3 heterocycles. The third-order valence-electron chi connectivity index (χ3n) is 8.72. The van der Waals surface area contributed by atoms with E-state index in [2.05, 4.69) is 14.9 Å². The van der Waals surface area contributed by atoms with Crippen molar-refractivity contribution in [1.29, 1.82) is 0 Å². The summed E-state index contributed by atoms with van der Waals surface area (Å²) in [6.07, 6.45) is 5.46. The zero-order valence-electron chi connectivity index (χ0n) is 27.5. The first-order valence-corrected chi connectivity index (χ1v) is 16.1. The van der Waals surface area contributed by atoms with Crippen molar-refractivity contribution in [2.45, 2.75) is 65.7 Å². The molecule has 1 N–H and O–H groups in total. The van der Waals surface area contributed by atoms with Crippen LogP contribution < -0.4 is 19.3 Å². The van der Waals surface area contributed by atoms with Gasteiger partial charge in [0.2, 0.25) is 5.88 Å². The number of benzene rings is 1. The summed E-state index contributed by atoms with van der Waals surface area (Å²) in [5.74, 6) is 0.102. The average Bonchev–Trinajstić information content (AvgIpc) is 3.86. The Kier molecular flexibility index (Phi) is 10.1. The molecule has 0 bridgehead atoms. The molecule has 2 aromatic heterocycles. The van der Waals surface area contributed by atoms with Crippen LogP contribution in [0.1, 0.15) is 80.4 Å². The summed E-state index contributed by atoms with van der Waals surface area (Å²) in [7, 11) is 1.49. The van der Waals surface area contributed by atoms with Crippen LogP contribution >= 0.6 is 0 Å². The Labute approximate surface area is 270 Å². The van der Waals surface area contributed by atoms with Gasteiger partial charge in [-0.05, 0) is 79.5 Å². The highest BCUT2D eigenvalue weighted by atomic mass is 19.1. The van der Waals surface area contributed by atoms with Crippen LogP contribution in [0.3, 0.4) is 0 Å². The molecular weight excluding hydrogens is 587 g/mol. The molecule has 1 saturated heterocycles. The molecule has 1 amide bonds. The van der Waals surface area contributed by atoms with Gasteiger partial charge in [0, 0.05) is 49.7 Å². The molecule has 5 rings (SSSR count). The van der Waals surface area contributed by atoms with Crippen molar-refractivity contribution in [2.75, 3.05) is 43.2 Å². The first kappa shape index (κ1) is 33.2. The van der Waals surface area contributed by atoms with E-state index < -0.39 is 17.7 Å². The van der Waals surface area contributed by atoms with Gasteiger partial charge >= 0.3 is 5.97 Å². The van der Waals surface area contributed by atoms with E-state index in [0.29, 0.717) is 55.3 Å². The van der Waals surface area contributed by atoms with Crippen LogP contribution in [0.5, 0.6) is 11.6 Å². The van der Waals surface area contributed by atoms with Gasteiger partial charge in [-0.2, -0.15) is 0 Å². The lowest BCUT2D eigenvalue weighted by atomic mass is 9.92. The number of halogens is 1. The number of carbonyl (C=O) groups excluding carboxylic acids is 1. The van der Waals surface area contributed by atoms with Crippen molar-refractivity contribution in [1.82, 2.24) is 9.97 Å². The highest BCUT2D eigenvalue weighted by Gasteiger charge is 2.35. The summed E-state index contributed by atoms with van der Waals surface area (Å²) in [6, 6.07) is 12.3. The van der Waals surface area contributed by atoms with Crippen LogP contribution in [0.15, 0.2) is 48.7 Å². The molecule has 1 saturated carbocycles. The number of hydrogen-bond acceptors (Lipinski definition) is 7. The molecular formula is C36H45FN4O5. The summed E-state index contributed by atoms with van der Waals surface area (Å²) in [6.45, 7) is 10.0. The number of amides is 1. The predicted molar refractivity (Wildman–Crippen MR) is 175 cm³/mol. The summed E-state index contributed by atoms with van der Waals surface area (Å²) >= 11 is 0. The average molecular weight is 633 g/mol. The molecule has 2 aliphatic rings. The summed E-state index contributed by atoms with van der Waals surface area (Å²) in [4.78, 5) is 38.3. The zero-order valence-corrected chi connectivity index (χ0v) is 27.5. The van der Waals surface area contributed by atoms with E-state index in [0.717, 1.165) is 36.9 Å². The van der Waals surface area contributed by atoms with E-state index in [9.17, 15) is 14.7 Å². The van der Waals surface area contributed by atoms with Crippen LogP contribution in [0.4, 0.5) is 15.9 Å². The molecule has 0 spiro atoms. The fraction of sp³-hybridized carbons (Fsp3) is 0.500. The molecule has 3 aromatic rings. The fourth-order valence-corrected chi connectivity index (χ4v) is 6.21. The number of carboxylic acid groups (broad SMARTS) is 1. The van der Waals surface area contributed by atoms with Gasteiger partial charge in [-0.3, -0.25) is 14.5 Å². The van der Waals surface area contributed by atoms with Crippen LogP contribution in [0.2, 0.25) is 0 Å². The zero-order chi connectivity index (χ0) is 33.0. The minimum atomic E-state index is -0.794. The molecule has 2 fully saturated rings. The van der Waals surface area contributed by atoms with E-state index in [1.54, 1.807) is 23.2 Å². The second kappa shape index (κ2) is 14.1. The molecule has 10 heteroatoms. The van der Waals surface area contributed by atoms with Crippen molar-refractivity contribution in [2.24, 2.45) is 17.3 Å². The van der Waals surface area contributed by atoms with Gasteiger partial charge in [0.05, 0.1) is 31.4 Å². The number of aromatic nitrogens is 2. The van der Waals surface area contributed by atoms with Gasteiger partial charge in [-0.15, -0.1) is 0 Å². The van der Waals surface area contributed by atoms with E-state index in [1.807, 2.05) is 52.0 Å². The Morgan fingerprint density at radius 2 is 1.85 bits per heavy atom. The SMILES string of the molecule is COc1cc(F)c(C(=O)N(CC(C)(C)C)c2cccc(C)n2)c(N2CCC(COc3cc(C(CC(=O)O)C4CC4)ccn3)CC2)c1. The first-order chi connectivity index (χ1) is 21.9. The maximum Gasteiger partial charge on any atom is 0.303 e. The number of hydrogen-bond donors (Lipinski definition) is 1. The van der Waals surface area contributed by atoms with Crippen LogP contribution in [0, 0.1) is 30.0 Å². The van der Waals surface area contributed by atoms with E-state index in [4.69, 9.17) is 9.47 Å². The second-order valence-electron chi connectivity index (χ2n) is 13.8. The Hall–Kier alpha value is -4.21. The first-order valence-electron chi connectivity index (χ1n) is 16.1. The Morgan fingerprint density at radius 1 is 1.11 bits per heavy atom. The van der Waals surface area contributed by atoms with Gasteiger partial charge in [0.1, 0.15) is 17.4 Å². The lowest BCUT2D eigenvalue weighted by Gasteiger charge is -2.36. The van der Waals surface area contributed by atoms with Crippen LogP contribution in [-0.4, -0.2) is 60.3 Å². The maximum absolute atomic E-state index is 15.9. The van der Waals surface area contributed by atoms with E-state index in [1.165, 1.54) is 13.2 Å². The van der Waals surface area contributed by atoms with Gasteiger partial charge in [0.25, 0.3) is 5.91 Å². The largest absolute Gasteiger partial charge is 0.497 e. The standard InChI is InChI=1S/C36H45FN4O5/c1-23-7-6-8-31(39-23)41(22-36(2,3)4)35(44)34-29(37)18-27(45-5)19-30(34)40-15-12-24(13-16-40)21-46-32-17-26(11-14-38-32)28(20-33(42)43)25-9-10-25/h6-8,11,14,17-19,24-25,28H,9-10,12-13,15-16,20-22H2,1-5H3,(H,42,43). The Balaban J connectivity index is 1.31. The minimum absolute atomic E-state index is 0.00986. The smallest absolute Gasteiger partial charge is 0.303 e. The molecule has 1 aromatic carbocycles. The molecule has 1 aliphatic carbocycles. The topological polar surface area (TPSA) is 105 Å². The molecule has 1 atom stereocenters. The number of carbonyl (C=O) groups is 2. The van der Waals surface area contributed by atoms with Crippen molar-refractivity contribution < 1.29 is 28.6 Å². The number of rotatable bonds is 12. The fourth-order valence-electron chi connectivity index (χ4n) is 6.21. The second-order valence-corrected chi connectivity index (χ2v) is 13.8. The number of piperidine rings is 1. The van der Waals surface area contributed by atoms with Gasteiger partial charge in [-0.1, -0.05) is 26.8 Å². The molecule has 1 aliphatic heterocycles. The van der Waals surface area contributed by atoms with Gasteiger partial charge in [-0.25, -0.2) is 14.4 Å². The molecule has 0 radical (unpaired) electrons. The summed E-state index contributed by atoms with van der Waals surface area (Å²) in [5, 5.41) is 9.39. The van der Waals surface area contributed by atoms with Crippen molar-refractivity contribution in [3.63, 3.8) is 0 Å². The monoisotopic (exact) mass is 632 g/mol. The molecule has 46 heavy (non-hydrogen) atoms. The van der Waals surface area contributed by atoms with Crippen molar-refractivity contribution in [3.8, 4) is 11.6 Å². The number of ether oxygens (including phenoxy) is 2. The number of aryl methyl sites for hydroxylation is 1. The highest BCUT2D eigenvalue weighted by molar-refractivity contribution is 6.09. The van der Waals surface area contributed by atoms with E-state index in [-0.39, 0.29) is 29.2 Å². The normalized spacial score (nSPS) is 16.2. The van der Waals surface area contributed by atoms with Crippen LogP contribution in [0.25, 0.3) is 0 Å². The lowest BCUT2D eigenvalue weighted by molar-refractivity contribution is -0.137. The number of methoxy groups -OCH3 is 1. The quantitative estimate of drug-likeness (QED) is 0.230. The van der Waals surface area contributed by atoms with Crippen molar-refractivity contribution in [3.05, 3.63) is 71.3 Å². The molecule has 246 valence electrons. The molecule has 1 unspecified atom stereocenters. The third-order valence-corrected chi connectivity index (χ3v) is 8.72. The van der Waals surface area contributed by atoms with Crippen molar-refractivity contribution >= 4 is 23.4 Å². The maximum atomic E-state index is 15.9. The van der Waals surface area contributed by atoms with E-state index >= 15 is 4.39 Å². The number of pyridine rings is 2. The number of carboxylic acids is 1. The Morgan fingerprint density at radius 3 is 2.48 bits per heavy atom. The number of aliphatic carboxylic acids is 1.